The maximum Gasteiger partial charge on any atom is 0.305 e. The highest BCUT2D eigenvalue weighted by Gasteiger charge is 2.13. The van der Waals surface area contributed by atoms with E-state index in [1.807, 2.05) is 11.9 Å². The molecule has 5 nitrogen and oxygen atoms in total. The van der Waals surface area contributed by atoms with Gasteiger partial charge < -0.3 is 9.64 Å². The minimum absolute atomic E-state index is 0.0281. The number of likely N-dealkylation sites (N-methyl/N-ethyl adjacent to an activating group) is 1. The first kappa shape index (κ1) is 17.4. The number of hydrogen-bond donors (Lipinski definition) is 0. The van der Waals surface area contributed by atoms with Gasteiger partial charge in [-0.1, -0.05) is 12.2 Å². The maximum atomic E-state index is 12.0. The van der Waals surface area contributed by atoms with Crippen molar-refractivity contribution in [2.45, 2.75) is 12.8 Å². The van der Waals surface area contributed by atoms with Crippen molar-refractivity contribution in [3.8, 4) is 0 Å². The van der Waals surface area contributed by atoms with Gasteiger partial charge in [0.15, 0.2) is 0 Å². The summed E-state index contributed by atoms with van der Waals surface area (Å²) in [6.45, 7) is 9.29. The lowest BCUT2D eigenvalue weighted by Crippen LogP contribution is -2.39. The van der Waals surface area contributed by atoms with Crippen molar-refractivity contribution in [1.82, 2.24) is 9.80 Å². The summed E-state index contributed by atoms with van der Waals surface area (Å²) < 4.78 is 4.56. The molecular weight excluding hydrogens is 244 g/mol. The van der Waals surface area contributed by atoms with Crippen LogP contribution >= 0.6 is 0 Å². The van der Waals surface area contributed by atoms with E-state index >= 15 is 0 Å². The van der Waals surface area contributed by atoms with E-state index in [2.05, 4.69) is 17.9 Å². The van der Waals surface area contributed by atoms with E-state index in [0.717, 1.165) is 0 Å². The Kier molecular flexibility index (Phi) is 9.44. The van der Waals surface area contributed by atoms with E-state index in [-0.39, 0.29) is 11.9 Å². The number of nitrogens with zero attached hydrogens (tertiary/aromatic N) is 2. The standard InChI is InChI=1S/C14H24N2O3/c1-5-9-16(10-6-2)13(17)12-15(3)11-7-8-14(18)19-4/h5-6H,1-2,7-12H2,3-4H3. The molecule has 0 saturated heterocycles. The zero-order valence-electron chi connectivity index (χ0n) is 11.9. The van der Waals surface area contributed by atoms with Crippen molar-refractivity contribution in [3.05, 3.63) is 25.3 Å². The number of rotatable bonds is 10. The Morgan fingerprint density at radius 2 is 1.79 bits per heavy atom. The van der Waals surface area contributed by atoms with E-state index < -0.39 is 0 Å². The van der Waals surface area contributed by atoms with Crippen LogP contribution in [0, 0.1) is 0 Å². The number of hydrogen-bond acceptors (Lipinski definition) is 4. The van der Waals surface area contributed by atoms with Gasteiger partial charge >= 0.3 is 5.97 Å². The highest BCUT2D eigenvalue weighted by Crippen LogP contribution is 1.98. The van der Waals surface area contributed by atoms with Gasteiger partial charge in [-0.2, -0.15) is 0 Å². The van der Waals surface area contributed by atoms with E-state index in [1.54, 1.807) is 17.1 Å². The molecule has 0 N–H and O–H groups in total. The maximum absolute atomic E-state index is 12.0. The fraction of sp³-hybridized carbons (Fsp3) is 0.571. The minimum atomic E-state index is -0.223. The number of carbonyl (C=O) groups excluding carboxylic acids is 2. The first-order chi connectivity index (χ1) is 9.04. The third-order valence-corrected chi connectivity index (χ3v) is 2.61. The van der Waals surface area contributed by atoms with Crippen LogP contribution in [0.5, 0.6) is 0 Å². The van der Waals surface area contributed by atoms with Crippen LogP contribution in [-0.2, 0) is 14.3 Å². The largest absolute Gasteiger partial charge is 0.469 e. The van der Waals surface area contributed by atoms with Gasteiger partial charge in [0.05, 0.1) is 13.7 Å². The Morgan fingerprint density at radius 3 is 2.26 bits per heavy atom. The molecule has 5 heteroatoms. The Balaban J connectivity index is 4.04. The number of carbonyl (C=O) groups is 2. The van der Waals surface area contributed by atoms with Crippen LogP contribution in [0.2, 0.25) is 0 Å². The summed E-state index contributed by atoms with van der Waals surface area (Å²) in [4.78, 5) is 26.5. The SMILES string of the molecule is C=CCN(CC=C)C(=O)CN(C)CCCC(=O)OC. The van der Waals surface area contributed by atoms with Gasteiger partial charge in [-0.15, -0.1) is 13.2 Å². The van der Waals surface area contributed by atoms with Crippen molar-refractivity contribution in [2.75, 3.05) is 40.3 Å². The molecule has 108 valence electrons. The molecule has 0 rings (SSSR count). The highest BCUT2D eigenvalue weighted by atomic mass is 16.5. The molecule has 0 unspecified atom stereocenters. The number of esters is 1. The molecule has 0 aromatic heterocycles. The molecule has 0 saturated carbocycles. The normalized spacial score (nSPS) is 10.1. The lowest BCUT2D eigenvalue weighted by Gasteiger charge is -2.23. The Hall–Kier alpha value is -1.62. The molecule has 0 spiro atoms. The van der Waals surface area contributed by atoms with E-state index in [9.17, 15) is 9.59 Å². The predicted molar refractivity (Wildman–Crippen MR) is 75.7 cm³/mol. The van der Waals surface area contributed by atoms with Gasteiger partial charge in [-0.25, -0.2) is 0 Å². The molecule has 0 aliphatic heterocycles. The Bertz CT molecular complexity index is 306. The minimum Gasteiger partial charge on any atom is -0.469 e. The van der Waals surface area contributed by atoms with Crippen molar-refractivity contribution in [2.24, 2.45) is 0 Å². The van der Waals surface area contributed by atoms with Crippen LogP contribution in [0.4, 0.5) is 0 Å². The van der Waals surface area contributed by atoms with E-state index in [1.165, 1.54) is 7.11 Å². The molecule has 0 aliphatic rings. The van der Waals surface area contributed by atoms with Crippen LogP contribution < -0.4 is 0 Å². The molecule has 0 aromatic rings. The first-order valence-electron chi connectivity index (χ1n) is 6.30. The summed E-state index contributed by atoms with van der Waals surface area (Å²) in [5, 5.41) is 0. The quantitative estimate of drug-likeness (QED) is 0.439. The van der Waals surface area contributed by atoms with Crippen LogP contribution in [0.3, 0.4) is 0 Å². The molecule has 0 fully saturated rings. The Morgan fingerprint density at radius 1 is 1.21 bits per heavy atom. The smallest absolute Gasteiger partial charge is 0.305 e. The fourth-order valence-electron chi connectivity index (χ4n) is 1.60. The molecular formula is C14H24N2O3. The highest BCUT2D eigenvalue weighted by molar-refractivity contribution is 5.78. The lowest BCUT2D eigenvalue weighted by atomic mass is 10.3. The van der Waals surface area contributed by atoms with Crippen LogP contribution in [0.1, 0.15) is 12.8 Å². The summed E-state index contributed by atoms with van der Waals surface area (Å²) in [5.41, 5.74) is 0. The van der Waals surface area contributed by atoms with Crippen molar-refractivity contribution >= 4 is 11.9 Å². The van der Waals surface area contributed by atoms with Gasteiger partial charge in [0.25, 0.3) is 0 Å². The third-order valence-electron chi connectivity index (χ3n) is 2.61. The van der Waals surface area contributed by atoms with Crippen molar-refractivity contribution in [1.29, 1.82) is 0 Å². The van der Waals surface area contributed by atoms with Gasteiger partial charge in [0.2, 0.25) is 5.91 Å². The van der Waals surface area contributed by atoms with Crippen LogP contribution in [0.15, 0.2) is 25.3 Å². The summed E-state index contributed by atoms with van der Waals surface area (Å²) in [6, 6.07) is 0. The van der Waals surface area contributed by atoms with Gasteiger partial charge in [0, 0.05) is 19.5 Å². The van der Waals surface area contributed by atoms with E-state index in [4.69, 9.17) is 0 Å². The molecule has 0 atom stereocenters. The monoisotopic (exact) mass is 268 g/mol. The summed E-state index contributed by atoms with van der Waals surface area (Å²) >= 11 is 0. The van der Waals surface area contributed by atoms with Crippen LogP contribution in [-0.4, -0.2) is 62.0 Å². The Labute approximate surface area is 115 Å². The van der Waals surface area contributed by atoms with Crippen molar-refractivity contribution < 1.29 is 14.3 Å². The second-order valence-electron chi connectivity index (χ2n) is 4.29. The summed E-state index contributed by atoms with van der Waals surface area (Å²) in [7, 11) is 3.23. The summed E-state index contributed by atoms with van der Waals surface area (Å²) in [5.74, 6) is -0.194. The zero-order chi connectivity index (χ0) is 14.7. The third kappa shape index (κ3) is 8.15. The average Bonchev–Trinajstić information content (AvgIpc) is 2.38. The topological polar surface area (TPSA) is 49.9 Å². The zero-order valence-corrected chi connectivity index (χ0v) is 11.9. The predicted octanol–water partition coefficient (Wildman–Crippen LogP) is 1.07. The van der Waals surface area contributed by atoms with Crippen molar-refractivity contribution in [3.63, 3.8) is 0 Å². The lowest BCUT2D eigenvalue weighted by molar-refractivity contribution is -0.140. The molecule has 19 heavy (non-hydrogen) atoms. The van der Waals surface area contributed by atoms with Crippen LogP contribution in [0.25, 0.3) is 0 Å². The first-order valence-corrected chi connectivity index (χ1v) is 6.30. The van der Waals surface area contributed by atoms with Gasteiger partial charge in [-0.3, -0.25) is 14.5 Å². The summed E-state index contributed by atoms with van der Waals surface area (Å²) in [6.07, 6.45) is 4.44. The molecule has 1 amide bonds. The average molecular weight is 268 g/mol. The van der Waals surface area contributed by atoms with E-state index in [0.29, 0.717) is 39.0 Å². The molecule has 0 aromatic carbocycles. The molecule has 0 bridgehead atoms. The second-order valence-corrected chi connectivity index (χ2v) is 4.29. The second kappa shape index (κ2) is 10.3. The van der Waals surface area contributed by atoms with Gasteiger partial charge in [-0.05, 0) is 20.0 Å². The molecule has 0 heterocycles. The number of ether oxygens (including phenoxy) is 1. The number of amides is 1. The molecule has 0 radical (unpaired) electrons. The fourth-order valence-corrected chi connectivity index (χ4v) is 1.60. The number of methoxy groups -OCH3 is 1. The van der Waals surface area contributed by atoms with Gasteiger partial charge in [0.1, 0.15) is 0 Å². The molecule has 0 aliphatic carbocycles.